The number of aryl methyl sites for hydroxylation is 1. The van der Waals surface area contributed by atoms with Gasteiger partial charge in [0, 0.05) is 15.7 Å². The largest absolute Gasteiger partial charge is 0.234 e. The van der Waals surface area contributed by atoms with Crippen molar-refractivity contribution in [2.75, 3.05) is 0 Å². The lowest BCUT2D eigenvalue weighted by Crippen LogP contribution is -1.97. The summed E-state index contributed by atoms with van der Waals surface area (Å²) < 4.78 is 51.1. The minimum absolute atomic E-state index is 0.0300. The first-order valence-corrected chi connectivity index (χ1v) is 8.62. The minimum atomic E-state index is -3.73. The van der Waals surface area contributed by atoms with Gasteiger partial charge in [-0.05, 0) is 31.2 Å². The molecule has 0 aliphatic heterocycles. The van der Waals surface area contributed by atoms with Crippen molar-refractivity contribution in [2.24, 2.45) is 0 Å². The van der Waals surface area contributed by atoms with E-state index in [-0.39, 0.29) is 15.4 Å². The molecule has 108 valence electrons. The maximum absolute atomic E-state index is 13.4. The Labute approximate surface area is 125 Å². The summed E-state index contributed by atoms with van der Waals surface area (Å²) in [6.45, 7) is 1.83. The fraction of sp³-hybridized carbons (Fsp3) is 0.0667. The molecule has 2 aromatic rings. The van der Waals surface area contributed by atoms with Gasteiger partial charge in [-0.3, -0.25) is 0 Å². The third-order valence-corrected chi connectivity index (χ3v) is 5.98. The van der Waals surface area contributed by atoms with Crippen LogP contribution in [0.5, 0.6) is 0 Å². The Balaban J connectivity index is 2.40. The lowest BCUT2D eigenvalue weighted by Gasteiger charge is -2.06. The van der Waals surface area contributed by atoms with E-state index in [1.807, 2.05) is 12.8 Å². The summed E-state index contributed by atoms with van der Waals surface area (Å²) in [5, 5.41) is 0. The summed E-state index contributed by atoms with van der Waals surface area (Å²) in [7, 11) is -3.30. The van der Waals surface area contributed by atoms with Crippen LogP contribution in [0.1, 0.15) is 11.1 Å². The maximum Gasteiger partial charge on any atom is 0.234 e. The summed E-state index contributed by atoms with van der Waals surface area (Å²) in [5.74, 6) is -0.345. The molecule has 0 atom stereocenters. The van der Waals surface area contributed by atoms with Gasteiger partial charge in [-0.25, -0.2) is 17.2 Å². The van der Waals surface area contributed by atoms with Gasteiger partial charge in [0.25, 0.3) is 0 Å². The molecule has 0 heterocycles. The van der Waals surface area contributed by atoms with Crippen LogP contribution >= 0.6 is 10.8 Å². The second-order valence-corrected chi connectivity index (χ2v) is 8.10. The zero-order chi connectivity index (χ0) is 15.6. The fourth-order valence-corrected chi connectivity index (χ4v) is 4.40. The number of hydrogen-bond acceptors (Lipinski definition) is 3. The van der Waals surface area contributed by atoms with Crippen molar-refractivity contribution in [2.45, 2.75) is 16.7 Å². The van der Waals surface area contributed by atoms with Crippen LogP contribution in [0.2, 0.25) is 0 Å². The highest BCUT2D eigenvalue weighted by Crippen LogP contribution is 2.32. The van der Waals surface area contributed by atoms with E-state index in [9.17, 15) is 17.2 Å². The average Bonchev–Trinajstić information content (AvgIpc) is 2.42. The molecule has 0 amide bonds. The number of rotatable bonds is 3. The van der Waals surface area contributed by atoms with Gasteiger partial charge in [0.2, 0.25) is 8.87 Å². The Morgan fingerprint density at radius 3 is 2.33 bits per heavy atom. The van der Waals surface area contributed by atoms with Crippen LogP contribution in [0.25, 0.3) is 0 Å². The minimum Gasteiger partial charge on any atom is -0.212 e. The molecule has 0 aromatic heterocycles. The Morgan fingerprint density at radius 1 is 1.14 bits per heavy atom. The fourth-order valence-electron chi connectivity index (χ4n) is 1.60. The van der Waals surface area contributed by atoms with Crippen molar-refractivity contribution < 1.29 is 17.2 Å². The molecule has 2 aromatic carbocycles. The first-order chi connectivity index (χ1) is 9.83. The van der Waals surface area contributed by atoms with Gasteiger partial charge in [0.1, 0.15) is 0 Å². The van der Waals surface area contributed by atoms with Crippen LogP contribution in [0.3, 0.4) is 0 Å². The highest BCUT2D eigenvalue weighted by Gasteiger charge is 2.19. The lowest BCUT2D eigenvalue weighted by molar-refractivity contribution is 0.504. The van der Waals surface area contributed by atoms with Gasteiger partial charge in [-0.1, -0.05) is 23.6 Å². The maximum atomic E-state index is 13.4. The zero-order valence-corrected chi connectivity index (χ0v) is 12.6. The second-order valence-electron chi connectivity index (χ2n) is 4.26. The molecule has 21 heavy (non-hydrogen) atoms. The van der Waals surface area contributed by atoms with E-state index in [1.165, 1.54) is 12.1 Å². The van der Waals surface area contributed by atoms with Gasteiger partial charge in [0.05, 0.1) is 10.5 Å². The molecular weight excluding hydrogens is 314 g/mol. The molecule has 2 nitrogen and oxygen atoms in total. The van der Waals surface area contributed by atoms with Crippen LogP contribution < -0.4 is 0 Å². The summed E-state index contributed by atoms with van der Waals surface area (Å²) in [5.41, 5.74) is 0.609. The summed E-state index contributed by atoms with van der Waals surface area (Å²) in [4.78, 5) is 0.118. The van der Waals surface area contributed by atoms with Crippen LogP contribution in [-0.2, 0) is 8.87 Å². The van der Waals surface area contributed by atoms with Crippen LogP contribution in [0.15, 0.2) is 46.2 Å². The molecule has 0 aliphatic rings. The molecule has 0 radical (unpaired) electrons. The van der Waals surface area contributed by atoms with E-state index in [4.69, 9.17) is 6.42 Å². The number of halogens is 2. The summed E-state index contributed by atoms with van der Waals surface area (Å²) in [6.07, 6.45) is 5.06. The third-order valence-electron chi connectivity index (χ3n) is 2.67. The zero-order valence-electron chi connectivity index (χ0n) is 10.9. The van der Waals surface area contributed by atoms with Crippen LogP contribution in [-0.4, -0.2) is 8.42 Å². The quantitative estimate of drug-likeness (QED) is 0.637. The predicted octanol–water partition coefficient (Wildman–Crippen LogP) is 3.74. The van der Waals surface area contributed by atoms with Gasteiger partial charge >= 0.3 is 0 Å². The van der Waals surface area contributed by atoms with Gasteiger partial charge in [0.15, 0.2) is 11.6 Å². The average molecular weight is 324 g/mol. The molecule has 0 bridgehead atoms. The second kappa shape index (κ2) is 5.88. The van der Waals surface area contributed by atoms with Crippen LogP contribution in [0.4, 0.5) is 8.78 Å². The molecule has 2 rings (SSSR count). The highest BCUT2D eigenvalue weighted by molar-refractivity contribution is 8.72. The van der Waals surface area contributed by atoms with Crippen molar-refractivity contribution in [3.05, 3.63) is 59.2 Å². The molecule has 0 spiro atoms. The van der Waals surface area contributed by atoms with E-state index in [2.05, 4.69) is 0 Å². The van der Waals surface area contributed by atoms with Crippen molar-refractivity contribution in [1.29, 1.82) is 0 Å². The van der Waals surface area contributed by atoms with Crippen molar-refractivity contribution in [3.8, 4) is 12.3 Å². The molecule has 0 aliphatic carbocycles. The van der Waals surface area contributed by atoms with Gasteiger partial charge < -0.3 is 0 Å². The normalized spacial score (nSPS) is 11.1. The predicted molar refractivity (Wildman–Crippen MR) is 78.5 cm³/mol. The first-order valence-electron chi connectivity index (χ1n) is 5.80. The standard InChI is InChI=1S/C15H10F2O2S2/c1-3-11-8-12(9-14(16)15(11)17)20-21(18,19)13-6-4-10(2)5-7-13/h1,4-9H,2H3. The van der Waals surface area contributed by atoms with Gasteiger partial charge in [-0.2, -0.15) is 0 Å². The monoisotopic (exact) mass is 324 g/mol. The smallest absolute Gasteiger partial charge is 0.212 e. The Kier molecular flexibility index (Phi) is 4.35. The molecule has 0 fully saturated rings. The first kappa shape index (κ1) is 15.5. The summed E-state index contributed by atoms with van der Waals surface area (Å²) >= 11 is 0. The molecule has 0 N–H and O–H groups in total. The van der Waals surface area contributed by atoms with Crippen molar-refractivity contribution in [1.82, 2.24) is 0 Å². The Morgan fingerprint density at radius 2 is 1.76 bits per heavy atom. The summed E-state index contributed by atoms with van der Waals surface area (Å²) in [6, 6.07) is 8.18. The SMILES string of the molecule is C#Cc1cc(SS(=O)(=O)c2ccc(C)cc2)cc(F)c1F. The molecule has 6 heteroatoms. The van der Waals surface area contributed by atoms with E-state index >= 15 is 0 Å². The van der Waals surface area contributed by atoms with Crippen molar-refractivity contribution >= 4 is 19.7 Å². The third kappa shape index (κ3) is 3.43. The molecular formula is C15H10F2O2S2. The molecule has 0 saturated carbocycles. The Hall–Kier alpha value is -1.84. The number of hydrogen-bond donors (Lipinski definition) is 0. The number of terminal acetylenes is 1. The van der Waals surface area contributed by atoms with Crippen LogP contribution in [0, 0.1) is 30.9 Å². The van der Waals surface area contributed by atoms with E-state index in [0.717, 1.165) is 17.7 Å². The number of benzene rings is 2. The highest BCUT2D eigenvalue weighted by atomic mass is 33.1. The van der Waals surface area contributed by atoms with E-state index in [1.54, 1.807) is 12.1 Å². The topological polar surface area (TPSA) is 34.1 Å². The Bertz CT molecular complexity index is 820. The van der Waals surface area contributed by atoms with E-state index in [0.29, 0.717) is 10.8 Å². The van der Waals surface area contributed by atoms with E-state index < -0.39 is 20.5 Å². The molecule has 0 unspecified atom stereocenters. The molecule has 0 saturated heterocycles. The lowest BCUT2D eigenvalue weighted by atomic mass is 10.2. The van der Waals surface area contributed by atoms with Gasteiger partial charge in [-0.15, -0.1) is 6.42 Å². The van der Waals surface area contributed by atoms with Crippen molar-refractivity contribution in [3.63, 3.8) is 0 Å².